The predicted molar refractivity (Wildman–Crippen MR) is 111 cm³/mol. The third kappa shape index (κ3) is 5.07. The number of hydrogen-bond donors (Lipinski definition) is 3. The van der Waals surface area contributed by atoms with Gasteiger partial charge in [0.15, 0.2) is 0 Å². The standard InChI is InChI=1S/C23H26F3N3O2/c1-14(15-9-11-17(12-10-15)22(2,3)23(24,25)26)27-21(31)18-13-19(30)29-20(28-18)16-7-5-4-6-8-16/h4-12,14,18,20,28H,13H2,1-3H3,(H,27,31)(H,29,30). The van der Waals surface area contributed by atoms with Crippen molar-refractivity contribution >= 4 is 11.8 Å². The summed E-state index contributed by atoms with van der Waals surface area (Å²) in [5, 5.41) is 8.79. The highest BCUT2D eigenvalue weighted by Gasteiger charge is 2.48. The van der Waals surface area contributed by atoms with E-state index in [0.29, 0.717) is 5.56 Å². The van der Waals surface area contributed by atoms with E-state index in [0.717, 1.165) is 19.4 Å². The van der Waals surface area contributed by atoms with E-state index in [-0.39, 0.29) is 23.8 Å². The summed E-state index contributed by atoms with van der Waals surface area (Å²) >= 11 is 0. The SMILES string of the molecule is CC(NC(=O)C1CC(=O)NC(c2ccccc2)N1)c1ccc(C(C)(C)C(F)(F)F)cc1. The lowest BCUT2D eigenvalue weighted by molar-refractivity contribution is -0.180. The van der Waals surface area contributed by atoms with Gasteiger partial charge in [-0.15, -0.1) is 0 Å². The van der Waals surface area contributed by atoms with Crippen LogP contribution in [0.15, 0.2) is 54.6 Å². The zero-order valence-corrected chi connectivity index (χ0v) is 17.6. The molecular weight excluding hydrogens is 407 g/mol. The number of halogens is 3. The molecule has 1 aliphatic rings. The highest BCUT2D eigenvalue weighted by Crippen LogP contribution is 2.40. The highest BCUT2D eigenvalue weighted by atomic mass is 19.4. The van der Waals surface area contributed by atoms with Crippen LogP contribution in [-0.4, -0.2) is 24.0 Å². The van der Waals surface area contributed by atoms with Gasteiger partial charge in [0.1, 0.15) is 6.17 Å². The van der Waals surface area contributed by atoms with Crippen molar-refractivity contribution in [2.45, 2.75) is 57.0 Å². The van der Waals surface area contributed by atoms with E-state index >= 15 is 0 Å². The van der Waals surface area contributed by atoms with E-state index in [2.05, 4.69) is 16.0 Å². The molecule has 3 N–H and O–H groups in total. The van der Waals surface area contributed by atoms with Gasteiger partial charge >= 0.3 is 6.18 Å². The first-order chi connectivity index (χ1) is 14.5. The smallest absolute Gasteiger partial charge is 0.348 e. The molecule has 2 aromatic carbocycles. The van der Waals surface area contributed by atoms with Crippen LogP contribution < -0.4 is 16.0 Å². The van der Waals surface area contributed by atoms with Crippen molar-refractivity contribution in [3.05, 3.63) is 71.3 Å². The molecule has 5 nitrogen and oxygen atoms in total. The summed E-state index contributed by atoms with van der Waals surface area (Å²) in [6, 6.07) is 14.1. The molecule has 166 valence electrons. The first-order valence-electron chi connectivity index (χ1n) is 10.1. The summed E-state index contributed by atoms with van der Waals surface area (Å²) in [4.78, 5) is 24.9. The van der Waals surface area contributed by atoms with Crippen molar-refractivity contribution in [2.75, 3.05) is 0 Å². The summed E-state index contributed by atoms with van der Waals surface area (Å²) in [5.41, 5.74) is -0.304. The fraction of sp³-hybridized carbons (Fsp3) is 0.391. The lowest BCUT2D eigenvalue weighted by Crippen LogP contribution is -2.56. The Morgan fingerprint density at radius 2 is 1.68 bits per heavy atom. The number of rotatable bonds is 5. The molecule has 0 aliphatic carbocycles. The minimum atomic E-state index is -4.36. The average molecular weight is 433 g/mol. The van der Waals surface area contributed by atoms with Crippen LogP contribution in [0.5, 0.6) is 0 Å². The minimum absolute atomic E-state index is 0.000592. The minimum Gasteiger partial charge on any atom is -0.348 e. The van der Waals surface area contributed by atoms with Crippen LogP contribution in [0.3, 0.4) is 0 Å². The number of carbonyl (C=O) groups excluding carboxylic acids is 2. The van der Waals surface area contributed by atoms with E-state index in [1.807, 2.05) is 30.3 Å². The first-order valence-corrected chi connectivity index (χ1v) is 10.1. The number of nitrogens with one attached hydrogen (secondary N) is 3. The van der Waals surface area contributed by atoms with Crippen LogP contribution >= 0.6 is 0 Å². The molecule has 3 atom stereocenters. The number of benzene rings is 2. The zero-order valence-electron chi connectivity index (χ0n) is 17.6. The fourth-order valence-corrected chi connectivity index (χ4v) is 3.45. The molecule has 0 saturated carbocycles. The van der Waals surface area contributed by atoms with Gasteiger partial charge in [0.2, 0.25) is 11.8 Å². The van der Waals surface area contributed by atoms with E-state index < -0.39 is 29.8 Å². The van der Waals surface area contributed by atoms with Crippen molar-refractivity contribution in [1.82, 2.24) is 16.0 Å². The summed E-state index contributed by atoms with van der Waals surface area (Å²) in [6.45, 7) is 4.02. The second-order valence-electron chi connectivity index (χ2n) is 8.31. The quantitative estimate of drug-likeness (QED) is 0.670. The van der Waals surface area contributed by atoms with E-state index in [1.165, 1.54) is 12.1 Å². The summed E-state index contributed by atoms with van der Waals surface area (Å²) in [7, 11) is 0. The van der Waals surface area contributed by atoms with Gasteiger partial charge < -0.3 is 10.6 Å². The van der Waals surface area contributed by atoms with Gasteiger partial charge in [0.05, 0.1) is 23.9 Å². The van der Waals surface area contributed by atoms with Crippen molar-refractivity contribution in [2.24, 2.45) is 0 Å². The van der Waals surface area contributed by atoms with Gasteiger partial charge in [0.25, 0.3) is 0 Å². The Morgan fingerprint density at radius 1 is 1.06 bits per heavy atom. The molecule has 0 bridgehead atoms. The Bertz CT molecular complexity index is 927. The summed E-state index contributed by atoms with van der Waals surface area (Å²) < 4.78 is 39.7. The molecule has 1 fully saturated rings. The van der Waals surface area contributed by atoms with Gasteiger partial charge in [-0.3, -0.25) is 14.9 Å². The number of carbonyl (C=O) groups is 2. The summed E-state index contributed by atoms with van der Waals surface area (Å²) in [5.74, 6) is -0.581. The second kappa shape index (κ2) is 8.70. The molecule has 1 saturated heterocycles. The van der Waals surface area contributed by atoms with Crippen molar-refractivity contribution in [3.63, 3.8) is 0 Å². The topological polar surface area (TPSA) is 70.2 Å². The monoisotopic (exact) mass is 433 g/mol. The lowest BCUT2D eigenvalue weighted by atomic mass is 9.83. The second-order valence-corrected chi connectivity index (χ2v) is 8.31. The Labute approximate surface area is 179 Å². The fourth-order valence-electron chi connectivity index (χ4n) is 3.45. The Balaban J connectivity index is 1.66. The Hall–Kier alpha value is -2.87. The van der Waals surface area contributed by atoms with Gasteiger partial charge in [-0.1, -0.05) is 54.6 Å². The average Bonchev–Trinajstić information content (AvgIpc) is 2.73. The summed E-state index contributed by atoms with van der Waals surface area (Å²) in [6.07, 6.45) is -4.84. The van der Waals surface area contributed by atoms with Gasteiger partial charge in [0, 0.05) is 0 Å². The van der Waals surface area contributed by atoms with Gasteiger partial charge in [-0.25, -0.2) is 0 Å². The van der Waals surface area contributed by atoms with E-state index in [9.17, 15) is 22.8 Å². The molecule has 1 aliphatic heterocycles. The number of amides is 2. The highest BCUT2D eigenvalue weighted by molar-refractivity contribution is 5.89. The normalized spacial score (nSPS) is 20.6. The first kappa shape index (κ1) is 22.8. The molecule has 3 rings (SSSR count). The molecule has 0 spiro atoms. The van der Waals surface area contributed by atoms with Crippen LogP contribution in [0.1, 0.15) is 56.1 Å². The largest absolute Gasteiger partial charge is 0.397 e. The molecule has 8 heteroatoms. The van der Waals surface area contributed by atoms with Crippen molar-refractivity contribution < 1.29 is 22.8 Å². The van der Waals surface area contributed by atoms with Gasteiger partial charge in [-0.05, 0) is 37.5 Å². The zero-order chi connectivity index (χ0) is 22.8. The maximum Gasteiger partial charge on any atom is 0.397 e. The van der Waals surface area contributed by atoms with Crippen LogP contribution in [0.2, 0.25) is 0 Å². The van der Waals surface area contributed by atoms with Crippen LogP contribution in [0, 0.1) is 0 Å². The maximum atomic E-state index is 13.2. The van der Waals surface area contributed by atoms with Crippen LogP contribution in [-0.2, 0) is 15.0 Å². The van der Waals surface area contributed by atoms with Crippen molar-refractivity contribution in [1.29, 1.82) is 0 Å². The van der Waals surface area contributed by atoms with E-state index in [1.54, 1.807) is 19.1 Å². The lowest BCUT2D eigenvalue weighted by Gasteiger charge is -2.32. The third-order valence-electron chi connectivity index (χ3n) is 5.71. The predicted octanol–water partition coefficient (Wildman–Crippen LogP) is 3.88. The Morgan fingerprint density at radius 3 is 2.26 bits per heavy atom. The molecule has 2 amide bonds. The molecule has 1 heterocycles. The third-order valence-corrected chi connectivity index (χ3v) is 5.71. The van der Waals surface area contributed by atoms with Crippen LogP contribution in [0.4, 0.5) is 13.2 Å². The molecule has 0 radical (unpaired) electrons. The molecule has 31 heavy (non-hydrogen) atoms. The molecule has 0 aromatic heterocycles. The Kier molecular flexibility index (Phi) is 6.40. The molecule has 2 aromatic rings. The van der Waals surface area contributed by atoms with Gasteiger partial charge in [-0.2, -0.15) is 13.2 Å². The molecular formula is C23H26F3N3O2. The van der Waals surface area contributed by atoms with E-state index in [4.69, 9.17) is 0 Å². The van der Waals surface area contributed by atoms with Crippen LogP contribution in [0.25, 0.3) is 0 Å². The molecule has 3 unspecified atom stereocenters. The van der Waals surface area contributed by atoms with Crippen molar-refractivity contribution in [3.8, 4) is 0 Å². The number of hydrogen-bond acceptors (Lipinski definition) is 3. The number of alkyl halides is 3. The maximum absolute atomic E-state index is 13.2.